The van der Waals surface area contributed by atoms with Gasteiger partial charge in [0, 0.05) is 18.6 Å². The van der Waals surface area contributed by atoms with Gasteiger partial charge in [0.15, 0.2) is 0 Å². The van der Waals surface area contributed by atoms with E-state index in [9.17, 15) is 4.79 Å². The highest BCUT2D eigenvalue weighted by Gasteiger charge is 2.33. The average molecular weight is 274 g/mol. The summed E-state index contributed by atoms with van der Waals surface area (Å²) in [6.45, 7) is 9.35. The van der Waals surface area contributed by atoms with Crippen molar-refractivity contribution in [1.29, 1.82) is 0 Å². The molecule has 0 saturated carbocycles. The fraction of sp³-hybridized carbons (Fsp3) is 0.588. The summed E-state index contributed by atoms with van der Waals surface area (Å²) in [5.74, 6) is 0.261. The van der Waals surface area contributed by atoms with Gasteiger partial charge in [0.05, 0.1) is 6.04 Å². The molecule has 2 atom stereocenters. The molecule has 1 aromatic rings. The van der Waals surface area contributed by atoms with E-state index in [1.54, 1.807) is 0 Å². The van der Waals surface area contributed by atoms with E-state index < -0.39 is 0 Å². The van der Waals surface area contributed by atoms with Crippen LogP contribution < -0.4 is 5.32 Å². The van der Waals surface area contributed by atoms with Crippen molar-refractivity contribution < 1.29 is 4.79 Å². The van der Waals surface area contributed by atoms with E-state index >= 15 is 0 Å². The van der Waals surface area contributed by atoms with Gasteiger partial charge in [-0.05, 0) is 51.7 Å². The van der Waals surface area contributed by atoms with Gasteiger partial charge < -0.3 is 10.2 Å². The standard InChI is InChI=1S/C17H26N2O/c1-12(2)19-10-9-16(17(19)20)18-14(4)11-15-8-6-5-7-13(15)3/h5-8,12,14,16,18H,9-11H2,1-4H3/t14-,16-/m0/s1. The lowest BCUT2D eigenvalue weighted by Crippen LogP contribution is -2.44. The summed E-state index contributed by atoms with van der Waals surface area (Å²) in [5.41, 5.74) is 2.68. The van der Waals surface area contributed by atoms with Crippen LogP contribution in [0.1, 0.15) is 38.3 Å². The summed E-state index contributed by atoms with van der Waals surface area (Å²) in [5, 5.41) is 3.50. The summed E-state index contributed by atoms with van der Waals surface area (Å²) >= 11 is 0. The van der Waals surface area contributed by atoms with E-state index in [0.29, 0.717) is 12.1 Å². The topological polar surface area (TPSA) is 32.3 Å². The predicted octanol–water partition coefficient (Wildman–Crippen LogP) is 2.52. The lowest BCUT2D eigenvalue weighted by molar-refractivity contribution is -0.130. The zero-order valence-electron chi connectivity index (χ0n) is 13.0. The molecule has 1 saturated heterocycles. The van der Waals surface area contributed by atoms with Gasteiger partial charge in [0.25, 0.3) is 0 Å². The molecule has 110 valence electrons. The molecule has 1 fully saturated rings. The number of likely N-dealkylation sites (tertiary alicyclic amines) is 1. The molecule has 1 N–H and O–H groups in total. The molecule has 1 aromatic carbocycles. The van der Waals surface area contributed by atoms with Crippen molar-refractivity contribution in [3.63, 3.8) is 0 Å². The van der Waals surface area contributed by atoms with E-state index in [-0.39, 0.29) is 11.9 Å². The van der Waals surface area contributed by atoms with Crippen molar-refractivity contribution in [3.8, 4) is 0 Å². The monoisotopic (exact) mass is 274 g/mol. The minimum absolute atomic E-state index is 0.00332. The normalized spacial score (nSPS) is 20.8. The highest BCUT2D eigenvalue weighted by molar-refractivity contribution is 5.84. The molecule has 0 radical (unpaired) electrons. The van der Waals surface area contributed by atoms with E-state index in [0.717, 1.165) is 19.4 Å². The Kier molecular flexibility index (Phi) is 4.81. The molecular weight excluding hydrogens is 248 g/mol. The van der Waals surface area contributed by atoms with Crippen molar-refractivity contribution in [2.45, 2.75) is 58.7 Å². The second-order valence-electron chi connectivity index (χ2n) is 6.16. The molecule has 0 aromatic heterocycles. The van der Waals surface area contributed by atoms with Crippen LogP contribution in [0, 0.1) is 6.92 Å². The predicted molar refractivity (Wildman–Crippen MR) is 82.7 cm³/mol. The Morgan fingerprint density at radius 1 is 1.30 bits per heavy atom. The molecule has 1 heterocycles. The first kappa shape index (κ1) is 15.0. The number of carbonyl (C=O) groups is 1. The largest absolute Gasteiger partial charge is 0.339 e. The molecule has 0 bridgehead atoms. The van der Waals surface area contributed by atoms with Crippen molar-refractivity contribution in [2.24, 2.45) is 0 Å². The molecule has 2 rings (SSSR count). The third-order valence-corrected chi connectivity index (χ3v) is 4.14. The lowest BCUT2D eigenvalue weighted by atomic mass is 10.0. The summed E-state index contributed by atoms with van der Waals surface area (Å²) in [4.78, 5) is 14.2. The molecule has 0 spiro atoms. The van der Waals surface area contributed by atoms with E-state index in [4.69, 9.17) is 0 Å². The molecule has 1 aliphatic rings. The van der Waals surface area contributed by atoms with Crippen molar-refractivity contribution >= 4 is 5.91 Å². The summed E-state index contributed by atoms with van der Waals surface area (Å²) in [6.07, 6.45) is 1.90. The van der Waals surface area contributed by atoms with Gasteiger partial charge in [0.2, 0.25) is 5.91 Å². The Balaban J connectivity index is 1.91. The minimum Gasteiger partial charge on any atom is -0.339 e. The van der Waals surface area contributed by atoms with Gasteiger partial charge in [-0.1, -0.05) is 24.3 Å². The molecule has 0 aliphatic carbocycles. The number of amides is 1. The highest BCUT2D eigenvalue weighted by atomic mass is 16.2. The van der Waals surface area contributed by atoms with Crippen LogP contribution >= 0.6 is 0 Å². The third kappa shape index (κ3) is 3.40. The first-order chi connectivity index (χ1) is 9.49. The van der Waals surface area contributed by atoms with Gasteiger partial charge in [0.1, 0.15) is 0 Å². The number of nitrogens with zero attached hydrogens (tertiary/aromatic N) is 1. The second kappa shape index (κ2) is 6.40. The van der Waals surface area contributed by atoms with Gasteiger partial charge in [-0.2, -0.15) is 0 Å². The van der Waals surface area contributed by atoms with E-state index in [1.807, 2.05) is 4.90 Å². The molecule has 1 aliphatic heterocycles. The Morgan fingerprint density at radius 3 is 2.60 bits per heavy atom. The Hall–Kier alpha value is -1.35. The van der Waals surface area contributed by atoms with Crippen molar-refractivity contribution in [2.75, 3.05) is 6.54 Å². The first-order valence-corrected chi connectivity index (χ1v) is 7.60. The molecule has 3 heteroatoms. The number of aryl methyl sites for hydroxylation is 1. The van der Waals surface area contributed by atoms with Gasteiger partial charge in [-0.15, -0.1) is 0 Å². The summed E-state index contributed by atoms with van der Waals surface area (Å²) in [7, 11) is 0. The molecule has 3 nitrogen and oxygen atoms in total. The maximum Gasteiger partial charge on any atom is 0.240 e. The van der Waals surface area contributed by atoms with Crippen LogP contribution in [0.25, 0.3) is 0 Å². The Labute approximate surface area is 122 Å². The maximum atomic E-state index is 12.3. The zero-order valence-corrected chi connectivity index (χ0v) is 13.0. The number of carbonyl (C=O) groups excluding carboxylic acids is 1. The van der Waals surface area contributed by atoms with Gasteiger partial charge >= 0.3 is 0 Å². The number of benzene rings is 1. The van der Waals surface area contributed by atoms with Gasteiger partial charge in [-0.3, -0.25) is 4.79 Å². The molecule has 0 unspecified atom stereocenters. The highest BCUT2D eigenvalue weighted by Crippen LogP contribution is 2.16. The van der Waals surface area contributed by atoms with Crippen LogP contribution in [0.4, 0.5) is 0 Å². The maximum absolute atomic E-state index is 12.3. The zero-order chi connectivity index (χ0) is 14.7. The Morgan fingerprint density at radius 2 is 2.00 bits per heavy atom. The van der Waals surface area contributed by atoms with E-state index in [2.05, 4.69) is 57.3 Å². The number of rotatable bonds is 5. The molecule has 20 heavy (non-hydrogen) atoms. The molecular formula is C17H26N2O. The number of hydrogen-bond acceptors (Lipinski definition) is 2. The third-order valence-electron chi connectivity index (χ3n) is 4.14. The van der Waals surface area contributed by atoms with Crippen molar-refractivity contribution in [1.82, 2.24) is 10.2 Å². The quantitative estimate of drug-likeness (QED) is 0.895. The number of hydrogen-bond donors (Lipinski definition) is 1. The molecule has 1 amide bonds. The lowest BCUT2D eigenvalue weighted by Gasteiger charge is -2.23. The number of nitrogens with one attached hydrogen (secondary N) is 1. The van der Waals surface area contributed by atoms with E-state index in [1.165, 1.54) is 11.1 Å². The van der Waals surface area contributed by atoms with Crippen LogP contribution in [0.15, 0.2) is 24.3 Å². The SMILES string of the molecule is Cc1ccccc1C[C@H](C)N[C@H]1CCN(C(C)C)C1=O. The van der Waals surface area contributed by atoms with Crippen LogP contribution in [0.3, 0.4) is 0 Å². The summed E-state index contributed by atoms with van der Waals surface area (Å²) in [6, 6.07) is 9.08. The van der Waals surface area contributed by atoms with Crippen LogP contribution in [0.2, 0.25) is 0 Å². The summed E-state index contributed by atoms with van der Waals surface area (Å²) < 4.78 is 0. The average Bonchev–Trinajstić information content (AvgIpc) is 2.74. The fourth-order valence-corrected chi connectivity index (χ4v) is 2.94. The first-order valence-electron chi connectivity index (χ1n) is 7.60. The fourth-order valence-electron chi connectivity index (χ4n) is 2.94. The smallest absolute Gasteiger partial charge is 0.240 e. The second-order valence-corrected chi connectivity index (χ2v) is 6.16. The van der Waals surface area contributed by atoms with Gasteiger partial charge in [-0.25, -0.2) is 0 Å². The van der Waals surface area contributed by atoms with Crippen LogP contribution in [0.5, 0.6) is 0 Å². The Bertz CT molecular complexity index is 470. The minimum atomic E-state index is -0.00332. The van der Waals surface area contributed by atoms with Crippen LogP contribution in [-0.2, 0) is 11.2 Å². The van der Waals surface area contributed by atoms with Crippen molar-refractivity contribution in [3.05, 3.63) is 35.4 Å². The van der Waals surface area contributed by atoms with Crippen LogP contribution in [-0.4, -0.2) is 35.5 Å².